The SMILES string of the molecule is [2H]C([2H])N(C([2H])([2H])[2H])C([2H])([2H])[C@H](c1ccc(OC([2H])([2H])[2H])cc1)C1(O)CCCCC1. The predicted octanol–water partition coefficient (Wildman–Crippen LogP) is 3.04. The Morgan fingerprint density at radius 3 is 2.70 bits per heavy atom. The Morgan fingerprint density at radius 2 is 2.10 bits per heavy atom. The molecule has 3 heteroatoms. The lowest BCUT2D eigenvalue weighted by molar-refractivity contribution is -0.0277. The second kappa shape index (κ2) is 6.59. The maximum Gasteiger partial charge on any atom is 0.118 e. The van der Waals surface area contributed by atoms with Crippen LogP contribution in [0.1, 0.15) is 57.3 Å². The lowest BCUT2D eigenvalue weighted by Crippen LogP contribution is -2.42. The Morgan fingerprint density at radius 1 is 1.35 bits per heavy atom. The smallest absolute Gasteiger partial charge is 0.118 e. The van der Waals surface area contributed by atoms with Crippen molar-refractivity contribution < 1.29 is 23.6 Å². The van der Waals surface area contributed by atoms with Gasteiger partial charge in [0.2, 0.25) is 0 Å². The number of ether oxygens (including phenoxy) is 1. The minimum atomic E-state index is -3.08. The monoisotopic (exact) mass is 287 g/mol. The van der Waals surface area contributed by atoms with Gasteiger partial charge in [-0.15, -0.1) is 0 Å². The van der Waals surface area contributed by atoms with E-state index in [1.54, 1.807) is 0 Å². The van der Waals surface area contributed by atoms with Crippen LogP contribution in [0.15, 0.2) is 24.3 Å². The number of hydrogen-bond donors (Lipinski definition) is 1. The van der Waals surface area contributed by atoms with Crippen LogP contribution in [0.4, 0.5) is 0 Å². The molecule has 1 fully saturated rings. The number of likely N-dealkylation sites (N-methyl/N-ethyl adjacent to an activating group) is 1. The highest BCUT2D eigenvalue weighted by molar-refractivity contribution is 5.31. The molecular formula is C17H27NO2. The summed E-state index contributed by atoms with van der Waals surface area (Å²) in [5, 5.41) is 11.4. The average molecular weight is 287 g/mol. The summed E-state index contributed by atoms with van der Waals surface area (Å²) < 4.78 is 81.8. The maximum absolute atomic E-state index is 11.4. The standard InChI is InChI=1S/C17H27NO2/c1-18(2)13-16(17(19)11-5-4-6-12-17)14-7-9-15(20-3)10-8-14/h7-10,16,19H,4-6,11-13H2,1-3H3/t16-/m1/s1/i1D2,2D3,3D3,13D2. The van der Waals surface area contributed by atoms with Crippen molar-refractivity contribution in [2.45, 2.75) is 43.6 Å². The number of rotatable bonds is 5. The highest BCUT2D eigenvalue weighted by Gasteiger charge is 2.38. The van der Waals surface area contributed by atoms with Crippen LogP contribution in [0.5, 0.6) is 5.75 Å². The van der Waals surface area contributed by atoms with Gasteiger partial charge in [0.1, 0.15) is 5.75 Å². The quantitative estimate of drug-likeness (QED) is 0.903. The van der Waals surface area contributed by atoms with Gasteiger partial charge in [0.25, 0.3) is 0 Å². The van der Waals surface area contributed by atoms with Crippen molar-refractivity contribution >= 4 is 0 Å². The number of hydrogen-bond acceptors (Lipinski definition) is 3. The van der Waals surface area contributed by atoms with Gasteiger partial charge in [-0.3, -0.25) is 0 Å². The van der Waals surface area contributed by atoms with Crippen molar-refractivity contribution in [1.29, 1.82) is 0 Å². The minimum absolute atomic E-state index is 0.0141. The van der Waals surface area contributed by atoms with Crippen LogP contribution >= 0.6 is 0 Å². The Kier molecular flexibility index (Phi) is 2.24. The van der Waals surface area contributed by atoms with Crippen LogP contribution in [0.3, 0.4) is 0 Å². The van der Waals surface area contributed by atoms with E-state index in [-0.39, 0.29) is 29.1 Å². The van der Waals surface area contributed by atoms with E-state index < -0.39 is 39.0 Å². The molecule has 0 amide bonds. The third-order valence-corrected chi connectivity index (χ3v) is 3.86. The molecule has 0 spiro atoms. The molecule has 1 aliphatic carbocycles. The fraction of sp³-hybridized carbons (Fsp3) is 0.647. The van der Waals surface area contributed by atoms with Crippen molar-refractivity contribution in [2.75, 3.05) is 27.5 Å². The molecule has 1 aromatic carbocycles. The molecule has 1 atom stereocenters. The van der Waals surface area contributed by atoms with Crippen molar-refractivity contribution in [3.8, 4) is 5.75 Å². The third-order valence-electron chi connectivity index (χ3n) is 3.86. The van der Waals surface area contributed by atoms with Gasteiger partial charge >= 0.3 is 0 Å². The van der Waals surface area contributed by atoms with Gasteiger partial charge in [0.15, 0.2) is 0 Å². The minimum Gasteiger partial charge on any atom is -0.497 e. The van der Waals surface area contributed by atoms with Gasteiger partial charge in [0.05, 0.1) is 16.8 Å². The van der Waals surface area contributed by atoms with Gasteiger partial charge in [-0.2, -0.15) is 0 Å². The zero-order valence-electron chi connectivity index (χ0n) is 21.3. The summed E-state index contributed by atoms with van der Waals surface area (Å²) in [6.07, 6.45) is 2.58. The molecule has 0 saturated heterocycles. The Labute approximate surface area is 136 Å². The molecule has 0 aromatic heterocycles. The molecule has 2 rings (SSSR count). The molecular weight excluding hydrogens is 250 g/mol. The van der Waals surface area contributed by atoms with E-state index in [9.17, 15) is 5.11 Å². The van der Waals surface area contributed by atoms with Crippen LogP contribution in [-0.2, 0) is 0 Å². The van der Waals surface area contributed by atoms with Crippen LogP contribution < -0.4 is 4.74 Å². The predicted molar refractivity (Wildman–Crippen MR) is 82.3 cm³/mol. The van der Waals surface area contributed by atoms with Crippen molar-refractivity contribution in [3.63, 3.8) is 0 Å². The van der Waals surface area contributed by atoms with Gasteiger partial charge in [-0.05, 0) is 44.5 Å². The van der Waals surface area contributed by atoms with Crippen molar-refractivity contribution in [3.05, 3.63) is 29.8 Å². The largest absolute Gasteiger partial charge is 0.497 e. The van der Waals surface area contributed by atoms with Crippen molar-refractivity contribution in [2.24, 2.45) is 0 Å². The molecule has 0 radical (unpaired) electrons. The third kappa shape index (κ3) is 3.53. The zero-order valence-corrected chi connectivity index (χ0v) is 11.3. The number of benzene rings is 1. The summed E-state index contributed by atoms with van der Waals surface area (Å²) in [7, 11) is -2.67. The first kappa shape index (κ1) is 6.80. The second-order valence-electron chi connectivity index (χ2n) is 5.27. The van der Waals surface area contributed by atoms with Crippen LogP contribution in [0.25, 0.3) is 0 Å². The van der Waals surface area contributed by atoms with Crippen molar-refractivity contribution in [1.82, 2.24) is 4.90 Å². The van der Waals surface area contributed by atoms with E-state index in [1.165, 1.54) is 24.3 Å². The molecule has 0 heterocycles. The van der Waals surface area contributed by atoms with E-state index in [1.807, 2.05) is 0 Å². The Hall–Kier alpha value is -1.06. The summed E-state index contributed by atoms with van der Waals surface area (Å²) in [4.78, 5) is 0.171. The summed E-state index contributed by atoms with van der Waals surface area (Å²) in [6.45, 7) is -7.98. The fourth-order valence-corrected chi connectivity index (χ4v) is 2.83. The molecule has 0 aliphatic heterocycles. The van der Waals surface area contributed by atoms with E-state index >= 15 is 0 Å². The molecule has 0 bridgehead atoms. The van der Waals surface area contributed by atoms with E-state index in [2.05, 4.69) is 0 Å². The first-order valence-corrected chi connectivity index (χ1v) is 6.73. The second-order valence-corrected chi connectivity index (χ2v) is 5.27. The first-order valence-electron chi connectivity index (χ1n) is 11.9. The number of methoxy groups -OCH3 is 1. The van der Waals surface area contributed by atoms with Crippen LogP contribution in [0, 0.1) is 0 Å². The zero-order chi connectivity index (χ0) is 23.0. The van der Waals surface area contributed by atoms with Crippen LogP contribution in [-0.4, -0.2) is 43.1 Å². The molecule has 3 nitrogen and oxygen atoms in total. The van der Waals surface area contributed by atoms with E-state index in [0.29, 0.717) is 12.8 Å². The van der Waals surface area contributed by atoms with Gasteiger partial charge in [0, 0.05) is 22.0 Å². The molecule has 1 aliphatic rings. The molecule has 112 valence electrons. The normalized spacial score (nSPS) is 29.4. The maximum atomic E-state index is 11.4. The summed E-state index contributed by atoms with van der Waals surface area (Å²) in [6, 6.07) is 5.40. The van der Waals surface area contributed by atoms with Gasteiger partial charge in [-0.1, -0.05) is 31.4 Å². The Bertz CT molecular complexity index is 696. The molecule has 1 saturated carbocycles. The summed E-state index contributed by atoms with van der Waals surface area (Å²) >= 11 is 0. The van der Waals surface area contributed by atoms with Gasteiger partial charge < -0.3 is 14.7 Å². The van der Waals surface area contributed by atoms with Crippen LogP contribution in [0.2, 0.25) is 0 Å². The average Bonchev–Trinajstić information content (AvgIpc) is 2.53. The topological polar surface area (TPSA) is 32.7 Å². The lowest BCUT2D eigenvalue weighted by Gasteiger charge is -2.40. The highest BCUT2D eigenvalue weighted by atomic mass is 16.5. The first-order chi connectivity index (χ1) is 13.6. The number of nitrogens with zero attached hydrogens (tertiary/aromatic N) is 1. The van der Waals surface area contributed by atoms with Gasteiger partial charge in [-0.25, -0.2) is 0 Å². The Balaban J connectivity index is 2.55. The number of aliphatic hydroxyl groups is 1. The summed E-state index contributed by atoms with van der Waals surface area (Å²) in [5.74, 6) is -1.37. The van der Waals surface area contributed by atoms with E-state index in [0.717, 1.165) is 6.42 Å². The highest BCUT2D eigenvalue weighted by Crippen LogP contribution is 2.40. The fourth-order valence-electron chi connectivity index (χ4n) is 2.83. The summed E-state index contributed by atoms with van der Waals surface area (Å²) in [5.41, 5.74) is -1.36. The molecule has 20 heavy (non-hydrogen) atoms. The molecule has 0 unspecified atom stereocenters. The molecule has 1 aromatic rings. The van der Waals surface area contributed by atoms with E-state index in [4.69, 9.17) is 18.4 Å². The lowest BCUT2D eigenvalue weighted by atomic mass is 9.72. The molecule has 1 N–H and O–H groups in total.